The number of hydrogen-bond donors (Lipinski definition) is 1. The van der Waals surface area contributed by atoms with Crippen molar-refractivity contribution in [2.45, 2.75) is 19.3 Å². The molecular weight excluding hydrogens is 204 g/mol. The highest BCUT2D eigenvalue weighted by molar-refractivity contribution is 5.49. The van der Waals surface area contributed by atoms with Gasteiger partial charge >= 0.3 is 0 Å². The summed E-state index contributed by atoms with van der Waals surface area (Å²) in [5.74, 6) is 0.856. The van der Waals surface area contributed by atoms with Gasteiger partial charge in [0.05, 0.1) is 32.3 Å². The summed E-state index contributed by atoms with van der Waals surface area (Å²) in [6.45, 7) is 5.35. The minimum Gasteiger partial charge on any atom is -0.496 e. The number of methoxy groups -OCH3 is 1. The average molecular weight is 222 g/mol. The van der Waals surface area contributed by atoms with Crippen molar-refractivity contribution < 1.29 is 14.6 Å². The van der Waals surface area contributed by atoms with Gasteiger partial charge in [-0.05, 0) is 31.0 Å². The molecule has 2 rings (SSSR count). The lowest BCUT2D eigenvalue weighted by Gasteiger charge is -2.42. The normalized spacial score (nSPS) is 18.0. The van der Waals surface area contributed by atoms with Crippen molar-refractivity contribution in [3.63, 3.8) is 0 Å². The Morgan fingerprint density at radius 2 is 2.06 bits per heavy atom. The van der Waals surface area contributed by atoms with Gasteiger partial charge in [-0.2, -0.15) is 0 Å². The fourth-order valence-electron chi connectivity index (χ4n) is 2.43. The summed E-state index contributed by atoms with van der Waals surface area (Å²) < 4.78 is 10.7. The predicted octanol–water partition coefficient (Wildman–Crippen LogP) is 1.57. The highest BCUT2D eigenvalue weighted by atomic mass is 16.5. The molecule has 0 saturated carbocycles. The first-order valence-electron chi connectivity index (χ1n) is 5.47. The van der Waals surface area contributed by atoms with Crippen molar-refractivity contribution in [2.24, 2.45) is 0 Å². The third-order valence-corrected chi connectivity index (χ3v) is 3.25. The molecule has 1 aromatic carbocycles. The molecule has 0 unspecified atom stereocenters. The minimum absolute atomic E-state index is 0.104. The summed E-state index contributed by atoms with van der Waals surface area (Å²) in [5, 5.41) is 9.57. The van der Waals surface area contributed by atoms with Crippen LogP contribution >= 0.6 is 0 Å². The molecular formula is C13H18O3. The van der Waals surface area contributed by atoms with E-state index in [1.54, 1.807) is 7.11 Å². The molecule has 1 aliphatic rings. The zero-order chi connectivity index (χ0) is 11.8. The van der Waals surface area contributed by atoms with E-state index in [2.05, 4.69) is 13.0 Å². The van der Waals surface area contributed by atoms with E-state index in [9.17, 15) is 5.11 Å². The molecule has 1 aliphatic heterocycles. The van der Waals surface area contributed by atoms with Gasteiger partial charge in [0.1, 0.15) is 5.75 Å². The van der Waals surface area contributed by atoms with Crippen LogP contribution in [-0.4, -0.2) is 32.0 Å². The zero-order valence-corrected chi connectivity index (χ0v) is 10.0. The number of aryl methyl sites for hydroxylation is 2. The maximum atomic E-state index is 9.57. The van der Waals surface area contributed by atoms with Crippen molar-refractivity contribution in [2.75, 3.05) is 26.9 Å². The van der Waals surface area contributed by atoms with Crippen molar-refractivity contribution in [3.8, 4) is 5.75 Å². The van der Waals surface area contributed by atoms with Gasteiger partial charge in [0.2, 0.25) is 0 Å². The van der Waals surface area contributed by atoms with E-state index in [-0.39, 0.29) is 12.0 Å². The van der Waals surface area contributed by atoms with Crippen LogP contribution in [0.4, 0.5) is 0 Å². The molecule has 0 amide bonds. The fraction of sp³-hybridized carbons (Fsp3) is 0.538. The summed E-state index contributed by atoms with van der Waals surface area (Å²) in [4.78, 5) is 0. The van der Waals surface area contributed by atoms with Crippen LogP contribution in [0, 0.1) is 13.8 Å². The van der Waals surface area contributed by atoms with Crippen molar-refractivity contribution in [1.29, 1.82) is 0 Å². The van der Waals surface area contributed by atoms with E-state index in [4.69, 9.17) is 9.47 Å². The second-order valence-electron chi connectivity index (χ2n) is 4.59. The number of hydrogen-bond acceptors (Lipinski definition) is 3. The summed E-state index contributed by atoms with van der Waals surface area (Å²) in [5.41, 5.74) is 3.17. The van der Waals surface area contributed by atoms with Crippen molar-refractivity contribution >= 4 is 0 Å². The summed E-state index contributed by atoms with van der Waals surface area (Å²) in [6, 6.07) is 4.13. The van der Waals surface area contributed by atoms with Crippen molar-refractivity contribution in [1.82, 2.24) is 0 Å². The third-order valence-electron chi connectivity index (χ3n) is 3.25. The molecule has 0 aliphatic carbocycles. The van der Waals surface area contributed by atoms with E-state index in [1.165, 1.54) is 5.56 Å². The highest BCUT2D eigenvalue weighted by Crippen LogP contribution is 2.40. The molecule has 0 radical (unpaired) electrons. The van der Waals surface area contributed by atoms with E-state index in [0.29, 0.717) is 13.2 Å². The molecule has 1 aromatic rings. The quantitative estimate of drug-likeness (QED) is 0.843. The zero-order valence-electron chi connectivity index (χ0n) is 10.0. The molecule has 1 heterocycles. The average Bonchev–Trinajstić information content (AvgIpc) is 2.19. The smallest absolute Gasteiger partial charge is 0.123 e. The molecule has 1 saturated heterocycles. The first-order valence-corrected chi connectivity index (χ1v) is 5.47. The first-order chi connectivity index (χ1) is 7.63. The Labute approximate surface area is 96.0 Å². The van der Waals surface area contributed by atoms with E-state index in [1.807, 2.05) is 13.0 Å². The lowest BCUT2D eigenvalue weighted by molar-refractivity contribution is -0.0852. The third kappa shape index (κ3) is 1.60. The van der Waals surface area contributed by atoms with Crippen molar-refractivity contribution in [3.05, 3.63) is 28.8 Å². The molecule has 16 heavy (non-hydrogen) atoms. The van der Waals surface area contributed by atoms with Crippen LogP contribution in [-0.2, 0) is 10.2 Å². The Kier molecular flexibility index (Phi) is 2.91. The van der Waals surface area contributed by atoms with Gasteiger partial charge in [0, 0.05) is 5.56 Å². The SMILES string of the molecule is COc1cc(C)cc(C)c1C1(CO)COC1. The first kappa shape index (κ1) is 11.4. The van der Waals surface area contributed by atoms with Gasteiger partial charge in [-0.3, -0.25) is 0 Å². The molecule has 3 nitrogen and oxygen atoms in total. The van der Waals surface area contributed by atoms with E-state index in [0.717, 1.165) is 16.9 Å². The molecule has 0 atom stereocenters. The van der Waals surface area contributed by atoms with Crippen LogP contribution in [0.5, 0.6) is 5.75 Å². The molecule has 0 aromatic heterocycles. The second kappa shape index (κ2) is 4.07. The molecule has 0 bridgehead atoms. The van der Waals surface area contributed by atoms with E-state index >= 15 is 0 Å². The standard InChI is InChI=1S/C13H18O3/c1-9-4-10(2)12(11(5-9)15-3)13(6-14)7-16-8-13/h4-5,14H,6-8H2,1-3H3. The monoisotopic (exact) mass is 222 g/mol. The number of benzene rings is 1. The van der Waals surface area contributed by atoms with Crippen LogP contribution in [0.3, 0.4) is 0 Å². The Morgan fingerprint density at radius 3 is 2.50 bits per heavy atom. The largest absolute Gasteiger partial charge is 0.496 e. The Hall–Kier alpha value is -1.06. The van der Waals surface area contributed by atoms with Gasteiger partial charge in [0.15, 0.2) is 0 Å². The summed E-state index contributed by atoms with van der Waals surface area (Å²) >= 11 is 0. The van der Waals surface area contributed by atoms with Gasteiger partial charge in [0.25, 0.3) is 0 Å². The number of ether oxygens (including phenoxy) is 2. The topological polar surface area (TPSA) is 38.7 Å². The van der Waals surface area contributed by atoms with Crippen LogP contribution in [0.15, 0.2) is 12.1 Å². The van der Waals surface area contributed by atoms with Gasteiger partial charge in [-0.1, -0.05) is 6.07 Å². The fourth-order valence-corrected chi connectivity index (χ4v) is 2.43. The highest BCUT2D eigenvalue weighted by Gasteiger charge is 2.43. The molecule has 0 spiro atoms. The maximum absolute atomic E-state index is 9.57. The van der Waals surface area contributed by atoms with Crippen LogP contribution < -0.4 is 4.74 Å². The van der Waals surface area contributed by atoms with Crippen LogP contribution in [0.1, 0.15) is 16.7 Å². The Morgan fingerprint density at radius 1 is 1.38 bits per heavy atom. The minimum atomic E-state index is -0.261. The van der Waals surface area contributed by atoms with Crippen LogP contribution in [0.2, 0.25) is 0 Å². The van der Waals surface area contributed by atoms with Crippen LogP contribution in [0.25, 0.3) is 0 Å². The maximum Gasteiger partial charge on any atom is 0.123 e. The van der Waals surface area contributed by atoms with Gasteiger partial charge < -0.3 is 14.6 Å². The molecule has 1 fully saturated rings. The van der Waals surface area contributed by atoms with Gasteiger partial charge in [-0.15, -0.1) is 0 Å². The Balaban J connectivity index is 2.54. The number of aliphatic hydroxyl groups excluding tert-OH is 1. The lowest BCUT2D eigenvalue weighted by Crippen LogP contribution is -2.50. The molecule has 88 valence electrons. The van der Waals surface area contributed by atoms with E-state index < -0.39 is 0 Å². The number of aliphatic hydroxyl groups is 1. The van der Waals surface area contributed by atoms with Gasteiger partial charge in [-0.25, -0.2) is 0 Å². The molecule has 3 heteroatoms. The Bertz CT molecular complexity index is 389. The summed E-state index contributed by atoms with van der Waals surface area (Å²) in [7, 11) is 1.67. The molecule has 1 N–H and O–H groups in total. The lowest BCUT2D eigenvalue weighted by atomic mass is 9.76. The second-order valence-corrected chi connectivity index (χ2v) is 4.59. The summed E-state index contributed by atoms with van der Waals surface area (Å²) in [6.07, 6.45) is 0. The predicted molar refractivity (Wildman–Crippen MR) is 62.1 cm³/mol. The number of rotatable bonds is 3.